The Balaban J connectivity index is 1.58. The monoisotopic (exact) mass is 455 g/mol. The van der Waals surface area contributed by atoms with Gasteiger partial charge in [-0.25, -0.2) is 0 Å². The summed E-state index contributed by atoms with van der Waals surface area (Å²) in [5.41, 5.74) is 1.59. The van der Waals surface area contributed by atoms with E-state index in [4.69, 9.17) is 14.5 Å². The van der Waals surface area contributed by atoms with Crippen molar-refractivity contribution >= 4 is 11.9 Å². The van der Waals surface area contributed by atoms with Gasteiger partial charge in [0.2, 0.25) is 11.9 Å². The Bertz CT molecular complexity index is 962. The summed E-state index contributed by atoms with van der Waals surface area (Å²) in [5.74, 6) is 1.32. The Hall–Kier alpha value is -2.78. The number of hydrogen-bond acceptors (Lipinski definition) is 8. The molecule has 2 aromatic rings. The van der Waals surface area contributed by atoms with E-state index < -0.39 is 0 Å². The molecule has 4 rings (SSSR count). The summed E-state index contributed by atoms with van der Waals surface area (Å²) in [6, 6.07) is 7.97. The third-order valence-electron chi connectivity index (χ3n) is 6.33. The van der Waals surface area contributed by atoms with Gasteiger partial charge >= 0.3 is 6.01 Å². The highest BCUT2D eigenvalue weighted by molar-refractivity contribution is 5.78. The number of hydrogen-bond donors (Lipinski definition) is 1. The number of nitrogens with zero attached hydrogens (tertiary/aromatic N) is 5. The van der Waals surface area contributed by atoms with Crippen molar-refractivity contribution in [3.8, 4) is 17.4 Å². The predicted molar refractivity (Wildman–Crippen MR) is 124 cm³/mol. The number of aliphatic hydroxyl groups is 1. The van der Waals surface area contributed by atoms with E-state index in [1.165, 1.54) is 0 Å². The number of aliphatic hydroxyl groups excluding tert-OH is 1. The van der Waals surface area contributed by atoms with Gasteiger partial charge in [-0.3, -0.25) is 4.79 Å². The Kier molecular flexibility index (Phi) is 7.39. The molecule has 1 N–H and O–H groups in total. The fraction of sp³-hybridized carbons (Fsp3) is 0.583. The van der Waals surface area contributed by atoms with E-state index in [9.17, 15) is 9.90 Å². The second-order valence-electron chi connectivity index (χ2n) is 9.04. The summed E-state index contributed by atoms with van der Waals surface area (Å²) in [5, 5.41) is 9.54. The van der Waals surface area contributed by atoms with Gasteiger partial charge in [-0.15, -0.1) is 0 Å². The first-order valence-corrected chi connectivity index (χ1v) is 11.6. The van der Waals surface area contributed by atoms with Crippen molar-refractivity contribution in [2.24, 2.45) is 5.92 Å². The normalized spacial score (nSPS) is 23.3. The van der Waals surface area contributed by atoms with Gasteiger partial charge in [0.25, 0.3) is 0 Å². The van der Waals surface area contributed by atoms with E-state index in [2.05, 4.69) is 21.8 Å². The van der Waals surface area contributed by atoms with Gasteiger partial charge in [0, 0.05) is 32.1 Å². The lowest BCUT2D eigenvalue weighted by molar-refractivity contribution is -0.134. The number of carbonyl (C=O) groups excluding carboxylic acids is 1. The van der Waals surface area contributed by atoms with Crippen LogP contribution < -0.4 is 9.64 Å². The van der Waals surface area contributed by atoms with Crippen LogP contribution in [0.4, 0.5) is 5.95 Å². The van der Waals surface area contributed by atoms with Gasteiger partial charge in [0.05, 0.1) is 25.9 Å². The van der Waals surface area contributed by atoms with E-state index in [1.807, 2.05) is 24.3 Å². The lowest BCUT2D eigenvalue weighted by Gasteiger charge is -2.33. The number of benzene rings is 1. The fourth-order valence-corrected chi connectivity index (χ4v) is 4.43. The van der Waals surface area contributed by atoms with Crippen molar-refractivity contribution in [1.82, 2.24) is 19.9 Å². The largest absolute Gasteiger partial charge is 0.460 e. The summed E-state index contributed by atoms with van der Waals surface area (Å²) in [6.07, 6.45) is 3.13. The van der Waals surface area contributed by atoms with Crippen LogP contribution >= 0.6 is 0 Å². The Morgan fingerprint density at radius 2 is 2.00 bits per heavy atom. The fourth-order valence-electron chi connectivity index (χ4n) is 4.43. The highest BCUT2D eigenvalue weighted by atomic mass is 16.5. The van der Waals surface area contributed by atoms with E-state index in [0.29, 0.717) is 37.5 Å². The molecular weight excluding hydrogens is 422 g/mol. The molecule has 0 radical (unpaired) electrons. The molecule has 2 fully saturated rings. The maximum absolute atomic E-state index is 12.3. The SMILES string of the molecule is C[C@H]1COCCN1c1nc(OC2CCC(C(=O)N(C)C)CC2)nc(-c2cccc(CO)c2)n1. The van der Waals surface area contributed by atoms with Crippen molar-refractivity contribution in [2.45, 2.75) is 51.4 Å². The lowest BCUT2D eigenvalue weighted by atomic mass is 9.86. The lowest BCUT2D eigenvalue weighted by Crippen LogP contribution is -2.44. The van der Waals surface area contributed by atoms with Crippen molar-refractivity contribution in [2.75, 3.05) is 38.8 Å². The van der Waals surface area contributed by atoms with Crippen molar-refractivity contribution < 1.29 is 19.4 Å². The Morgan fingerprint density at radius 3 is 2.70 bits per heavy atom. The smallest absolute Gasteiger partial charge is 0.322 e. The van der Waals surface area contributed by atoms with Crippen LogP contribution in [0.5, 0.6) is 6.01 Å². The number of aromatic nitrogens is 3. The molecule has 1 amide bonds. The molecule has 33 heavy (non-hydrogen) atoms. The van der Waals surface area contributed by atoms with E-state index >= 15 is 0 Å². The summed E-state index contributed by atoms with van der Waals surface area (Å²) in [7, 11) is 3.61. The first-order valence-electron chi connectivity index (χ1n) is 11.6. The first kappa shape index (κ1) is 23.4. The molecule has 0 spiro atoms. The molecule has 2 heterocycles. The van der Waals surface area contributed by atoms with Gasteiger partial charge in [-0.1, -0.05) is 18.2 Å². The van der Waals surface area contributed by atoms with Gasteiger partial charge in [0.1, 0.15) is 6.10 Å². The maximum atomic E-state index is 12.3. The summed E-state index contributed by atoms with van der Waals surface area (Å²) < 4.78 is 11.8. The molecule has 1 saturated heterocycles. The standard InChI is InChI=1S/C24H33N5O4/c1-16-15-32-12-11-29(16)23-25-21(19-6-4-5-17(13-19)14-30)26-24(27-23)33-20-9-7-18(8-10-20)22(31)28(2)3/h4-6,13,16,18,20,30H,7-12,14-15H2,1-3H3/t16-,18?,20?/m0/s1. The number of rotatable bonds is 6. The third kappa shape index (κ3) is 5.59. The van der Waals surface area contributed by atoms with Crippen molar-refractivity contribution in [3.05, 3.63) is 29.8 Å². The average Bonchev–Trinajstić information content (AvgIpc) is 2.84. The second-order valence-corrected chi connectivity index (χ2v) is 9.04. The minimum absolute atomic E-state index is 0.0369. The summed E-state index contributed by atoms with van der Waals surface area (Å²) >= 11 is 0. The molecule has 9 heteroatoms. The van der Waals surface area contributed by atoms with Crippen LogP contribution in [0.3, 0.4) is 0 Å². The quantitative estimate of drug-likeness (QED) is 0.708. The second kappa shape index (κ2) is 10.4. The number of amides is 1. The van der Waals surface area contributed by atoms with E-state index in [1.54, 1.807) is 19.0 Å². The van der Waals surface area contributed by atoms with Crippen LogP contribution in [0.25, 0.3) is 11.4 Å². The maximum Gasteiger partial charge on any atom is 0.322 e. The zero-order valence-electron chi connectivity index (χ0n) is 19.6. The zero-order chi connectivity index (χ0) is 23.4. The highest BCUT2D eigenvalue weighted by Gasteiger charge is 2.29. The van der Waals surface area contributed by atoms with Crippen LogP contribution in [0.1, 0.15) is 38.2 Å². The molecule has 9 nitrogen and oxygen atoms in total. The number of anilines is 1. The molecule has 178 valence electrons. The minimum atomic E-state index is -0.0510. The van der Waals surface area contributed by atoms with Gasteiger partial charge in [0.15, 0.2) is 5.82 Å². The van der Waals surface area contributed by atoms with Crippen LogP contribution in [0, 0.1) is 5.92 Å². The highest BCUT2D eigenvalue weighted by Crippen LogP contribution is 2.29. The number of carbonyl (C=O) groups is 1. The molecule has 1 aromatic carbocycles. The predicted octanol–water partition coefficient (Wildman–Crippen LogP) is 2.28. The van der Waals surface area contributed by atoms with E-state index in [0.717, 1.165) is 36.8 Å². The Morgan fingerprint density at radius 1 is 1.21 bits per heavy atom. The molecule has 1 aromatic heterocycles. The molecule has 1 aliphatic carbocycles. The minimum Gasteiger partial charge on any atom is -0.460 e. The average molecular weight is 456 g/mol. The first-order chi connectivity index (χ1) is 15.9. The van der Waals surface area contributed by atoms with Crippen LogP contribution in [-0.2, 0) is 16.1 Å². The van der Waals surface area contributed by atoms with Gasteiger partial charge in [-0.05, 0) is 44.2 Å². The molecule has 2 aliphatic rings. The summed E-state index contributed by atoms with van der Waals surface area (Å²) in [4.78, 5) is 30.1. The van der Waals surface area contributed by atoms with Crippen LogP contribution in [-0.4, -0.2) is 76.9 Å². The van der Waals surface area contributed by atoms with Crippen LogP contribution in [0.15, 0.2) is 24.3 Å². The van der Waals surface area contributed by atoms with Crippen molar-refractivity contribution in [1.29, 1.82) is 0 Å². The molecule has 1 atom stereocenters. The molecular formula is C24H33N5O4. The zero-order valence-corrected chi connectivity index (χ0v) is 19.6. The van der Waals surface area contributed by atoms with Crippen LogP contribution in [0.2, 0.25) is 0 Å². The molecule has 1 saturated carbocycles. The molecule has 0 bridgehead atoms. The van der Waals surface area contributed by atoms with Gasteiger partial charge < -0.3 is 24.4 Å². The number of ether oxygens (including phenoxy) is 2. The topological polar surface area (TPSA) is 101 Å². The molecule has 1 aliphatic heterocycles. The summed E-state index contributed by atoms with van der Waals surface area (Å²) in [6.45, 7) is 3.95. The Labute approximate surface area is 194 Å². The number of morpholine rings is 1. The molecule has 0 unspecified atom stereocenters. The van der Waals surface area contributed by atoms with E-state index in [-0.39, 0.29) is 30.6 Å². The third-order valence-corrected chi connectivity index (χ3v) is 6.33. The van der Waals surface area contributed by atoms with Crippen molar-refractivity contribution in [3.63, 3.8) is 0 Å². The van der Waals surface area contributed by atoms with Gasteiger partial charge in [-0.2, -0.15) is 15.0 Å².